The molecule has 0 heterocycles. The van der Waals surface area contributed by atoms with Gasteiger partial charge in [0.15, 0.2) is 18.8 Å². The Bertz CT molecular complexity index is 2650. The van der Waals surface area contributed by atoms with Crippen LogP contribution in [0.3, 0.4) is 0 Å². The summed E-state index contributed by atoms with van der Waals surface area (Å²) in [5.41, 5.74) is 77.4. The molecule has 0 amide bonds. The van der Waals surface area contributed by atoms with Crippen LogP contribution in [0, 0.1) is 24.7 Å². The summed E-state index contributed by atoms with van der Waals surface area (Å²) in [7, 11) is 0. The van der Waals surface area contributed by atoms with Crippen molar-refractivity contribution in [2.45, 2.75) is 0 Å². The van der Waals surface area contributed by atoms with Gasteiger partial charge < -0.3 is 9.47 Å². The van der Waals surface area contributed by atoms with Gasteiger partial charge in [-0.15, -0.1) is 12.8 Å². The van der Waals surface area contributed by atoms with E-state index in [2.05, 4.69) is 211 Å². The molecule has 4 heteroatoms. The lowest BCUT2D eigenvalue weighted by Gasteiger charge is -2.02. The number of ether oxygens (including phenoxy) is 2. The van der Waals surface area contributed by atoms with Crippen molar-refractivity contribution >= 4 is 11.9 Å². The smallest absolute Gasteiger partial charge is 0.355 e. The average molecular weight is 577 g/mol. The van der Waals surface area contributed by atoms with Crippen LogP contribution < -0.4 is 0 Å². The lowest BCUT2D eigenvalue weighted by atomic mass is 10.3. The van der Waals surface area contributed by atoms with Gasteiger partial charge in [-0.05, 0) is 104 Å². The largest absolute Gasteiger partial charge is 0.448 e. The highest BCUT2D eigenvalue weighted by atomic mass is 16.6. The second kappa shape index (κ2) is 30.3. The molecule has 0 aromatic heterocycles. The molecule has 200 valence electrons. The minimum absolute atomic E-state index is 0.357. The monoisotopic (exact) mass is 576 g/mol. The molecule has 0 radical (unpaired) electrons. The van der Waals surface area contributed by atoms with Gasteiger partial charge in [0, 0.05) is 80.2 Å². The second-order valence-electron chi connectivity index (χ2n) is 5.99. The molecule has 0 rings (SSSR count). The van der Waals surface area contributed by atoms with Gasteiger partial charge in [0.2, 0.25) is 0 Å². The van der Waals surface area contributed by atoms with E-state index in [4.69, 9.17) is 12.8 Å². The van der Waals surface area contributed by atoms with Crippen LogP contribution >= 0.6 is 0 Å². The van der Waals surface area contributed by atoms with Crippen molar-refractivity contribution in [1.82, 2.24) is 0 Å². The van der Waals surface area contributed by atoms with Gasteiger partial charge in [-0.1, -0.05) is 17.6 Å². The van der Waals surface area contributed by atoms with Crippen molar-refractivity contribution in [2.75, 3.05) is 13.2 Å². The fourth-order valence-electron chi connectivity index (χ4n) is 1.56. The normalized spacial score (nSPS) is 5.17. The van der Waals surface area contributed by atoms with Gasteiger partial charge >= 0.3 is 11.9 Å². The highest BCUT2D eigenvalue weighted by Gasteiger charge is 2.21. The third kappa shape index (κ3) is 25.1. The van der Waals surface area contributed by atoms with Gasteiger partial charge in [-0.3, -0.25) is 0 Å². The van der Waals surface area contributed by atoms with Crippen molar-refractivity contribution in [3.63, 3.8) is 0 Å². The summed E-state index contributed by atoms with van der Waals surface area (Å²) < 4.78 is 9.30. The molecule has 0 saturated heterocycles. The van der Waals surface area contributed by atoms with E-state index in [0.717, 1.165) is 0 Å². The molecule has 0 aromatic carbocycles. The molecule has 0 spiro atoms. The Labute approximate surface area is 263 Å². The molecule has 4 nitrogen and oxygen atoms in total. The first-order valence-electron chi connectivity index (χ1n) is 11.5. The predicted molar refractivity (Wildman–Crippen MR) is 161 cm³/mol. The Morgan fingerprint density at radius 1 is 0.391 bits per heavy atom. The lowest BCUT2D eigenvalue weighted by molar-refractivity contribution is -0.145. The zero-order valence-electron chi connectivity index (χ0n) is 23.4. The number of carbonyl (C=O) groups is 2. The fraction of sp³-hybridized carbons (Fsp3) is 0.0476. The summed E-state index contributed by atoms with van der Waals surface area (Å²) in [5.74, 6) is 2.02. The minimum atomic E-state index is -1.07. The van der Waals surface area contributed by atoms with E-state index >= 15 is 0 Å². The maximum Gasteiger partial charge on any atom is 0.355 e. The maximum atomic E-state index is 11.8. The zero-order valence-corrected chi connectivity index (χ0v) is 23.4. The molecular weight excluding hydrogens is 568 g/mol. The molecule has 0 N–H and O–H groups in total. The van der Waals surface area contributed by atoms with E-state index in [1.165, 1.54) is 0 Å². The van der Waals surface area contributed by atoms with Gasteiger partial charge in [-0.2, -0.15) is 0 Å². The van der Waals surface area contributed by atoms with Crippen LogP contribution in [0.15, 0.2) is 196 Å². The van der Waals surface area contributed by atoms with Crippen LogP contribution in [0.2, 0.25) is 0 Å². The SMILES string of the molecule is C#CCOC(=O)C(=C=C=C=C=C=C=C=C=C=C=C=C=C=C=C=C=C=C=C=C=C=C=C=C=C=C=C=C=C=C=C=C=C)C(=O)OCC#C. The number of terminal acetylenes is 2. The quantitative estimate of drug-likeness (QED) is 0.120. The molecule has 0 aliphatic carbocycles. The Morgan fingerprint density at radius 3 is 0.826 bits per heavy atom. The van der Waals surface area contributed by atoms with E-state index in [9.17, 15) is 9.59 Å². The van der Waals surface area contributed by atoms with Gasteiger partial charge in [0.05, 0.1) is 0 Å². The second-order valence-corrected chi connectivity index (χ2v) is 5.99. The van der Waals surface area contributed by atoms with Crippen molar-refractivity contribution in [2.24, 2.45) is 0 Å². The minimum Gasteiger partial charge on any atom is -0.448 e. The molecular formula is C42H8O4. The third-order valence-electron chi connectivity index (χ3n) is 3.07. The van der Waals surface area contributed by atoms with Gasteiger partial charge in [0.1, 0.15) is 0 Å². The molecule has 46 heavy (non-hydrogen) atoms. The first-order valence-corrected chi connectivity index (χ1v) is 11.5. The summed E-state index contributed by atoms with van der Waals surface area (Å²) in [4.78, 5) is 23.7. The number of hydrogen-bond acceptors (Lipinski definition) is 4. The van der Waals surface area contributed by atoms with Crippen molar-refractivity contribution < 1.29 is 19.1 Å². The van der Waals surface area contributed by atoms with Crippen LogP contribution in [-0.2, 0) is 19.1 Å². The number of rotatable bonds is 4. The average Bonchev–Trinajstić information content (AvgIpc) is 3.06. The molecule has 0 aromatic rings. The number of carbonyl (C=O) groups excluding carboxylic acids is 2. The summed E-state index contributed by atoms with van der Waals surface area (Å²) in [5, 5.41) is 0. The molecule has 0 saturated carbocycles. The van der Waals surface area contributed by atoms with Crippen LogP contribution in [0.5, 0.6) is 0 Å². The van der Waals surface area contributed by atoms with Crippen molar-refractivity contribution in [1.29, 1.82) is 0 Å². The van der Waals surface area contributed by atoms with Crippen LogP contribution in [0.4, 0.5) is 0 Å². The van der Waals surface area contributed by atoms with Crippen molar-refractivity contribution in [3.05, 3.63) is 196 Å². The Morgan fingerprint density at radius 2 is 0.609 bits per heavy atom. The summed E-state index contributed by atoms with van der Waals surface area (Å²) in [6, 6.07) is 0. The number of esters is 2. The van der Waals surface area contributed by atoms with E-state index in [-0.39, 0.29) is 13.2 Å². The first kappa shape index (κ1) is 36.8. The van der Waals surface area contributed by atoms with Crippen molar-refractivity contribution in [3.8, 4) is 24.7 Å². The van der Waals surface area contributed by atoms with Crippen LogP contribution in [-0.4, -0.2) is 25.2 Å². The van der Waals surface area contributed by atoms with E-state index in [1.54, 1.807) is 0 Å². The highest BCUT2D eigenvalue weighted by Crippen LogP contribution is 1.99. The summed E-state index contributed by atoms with van der Waals surface area (Å²) in [6.07, 6.45) is 10.0. The molecule has 0 unspecified atom stereocenters. The van der Waals surface area contributed by atoms with E-state index < -0.39 is 17.5 Å². The number of hydrogen-bond donors (Lipinski definition) is 0. The van der Waals surface area contributed by atoms with E-state index in [0.29, 0.717) is 0 Å². The Kier molecular flexibility index (Phi) is 24.2. The Hall–Kier alpha value is -9.24. The third-order valence-corrected chi connectivity index (χ3v) is 3.07. The van der Waals surface area contributed by atoms with Gasteiger partial charge in [0.25, 0.3) is 0 Å². The summed E-state index contributed by atoms with van der Waals surface area (Å²) >= 11 is 0. The summed E-state index contributed by atoms with van der Waals surface area (Å²) in [6.45, 7) is 2.59. The Balaban J connectivity index is 6.21. The van der Waals surface area contributed by atoms with Crippen LogP contribution in [0.25, 0.3) is 0 Å². The molecule has 0 atom stereocenters. The zero-order chi connectivity index (χ0) is 33.6. The maximum absolute atomic E-state index is 11.8. The van der Waals surface area contributed by atoms with Crippen LogP contribution in [0.1, 0.15) is 0 Å². The standard InChI is InChI=1S/C42H8O4/c1-4-7-8-9-10-11-12-13-14-15-16-17-18-19-20-21-22-23-24-25-26-27-28-29-30-31-32-33-34-35-36-37-40(41(43)45-38-5-2)42(44)46-39-6-3/h2-3H,1,38-39H2. The topological polar surface area (TPSA) is 52.6 Å². The van der Waals surface area contributed by atoms with Gasteiger partial charge in [-0.25, -0.2) is 9.59 Å². The first-order chi connectivity index (χ1) is 22.7. The molecule has 0 fully saturated rings. The van der Waals surface area contributed by atoms with E-state index in [1.807, 2.05) is 0 Å². The lowest BCUT2D eigenvalue weighted by Crippen LogP contribution is -2.18. The molecule has 0 aliphatic heterocycles. The highest BCUT2D eigenvalue weighted by molar-refractivity contribution is 6.13. The fourth-order valence-corrected chi connectivity index (χ4v) is 1.56. The molecule has 0 aliphatic rings. The molecule has 0 bridgehead atoms. The predicted octanol–water partition coefficient (Wildman–Crippen LogP) is 4.86.